The molecule has 1 fully saturated rings. The second-order valence-corrected chi connectivity index (χ2v) is 4.52. The topological polar surface area (TPSA) is 50.9 Å². The summed E-state index contributed by atoms with van der Waals surface area (Å²) < 4.78 is 37.5. The molecule has 3 N–H and O–H groups in total. The van der Waals surface area contributed by atoms with Gasteiger partial charge in [-0.3, -0.25) is 0 Å². The van der Waals surface area contributed by atoms with Gasteiger partial charge in [0.1, 0.15) is 11.6 Å². The molecule has 0 bridgehead atoms. The normalized spacial score (nSPS) is 23.5. The zero-order valence-corrected chi connectivity index (χ0v) is 9.38. The Hall–Kier alpha value is -1.46. The number of nitrogens with zero attached hydrogens (tertiary/aromatic N) is 1. The van der Waals surface area contributed by atoms with Gasteiger partial charge in [0.15, 0.2) is 0 Å². The highest BCUT2D eigenvalue weighted by molar-refractivity contribution is 5.47. The van der Waals surface area contributed by atoms with Crippen molar-refractivity contribution in [3.8, 4) is 0 Å². The van der Waals surface area contributed by atoms with Gasteiger partial charge in [0, 0.05) is 6.54 Å². The maximum atomic E-state index is 12.5. The third kappa shape index (κ3) is 3.01. The molecule has 17 heavy (non-hydrogen) atoms. The number of nitrogens with two attached hydrogens (primary N) is 1. The fraction of sp³-hybridized carbons (Fsp3) is 0.545. The number of pyridine rings is 1. The van der Waals surface area contributed by atoms with Crippen LogP contribution in [0.15, 0.2) is 12.1 Å². The van der Waals surface area contributed by atoms with Gasteiger partial charge < -0.3 is 11.1 Å². The van der Waals surface area contributed by atoms with Gasteiger partial charge in [-0.05, 0) is 30.4 Å². The van der Waals surface area contributed by atoms with E-state index >= 15 is 0 Å². The van der Waals surface area contributed by atoms with Crippen LogP contribution in [0.2, 0.25) is 0 Å². The van der Waals surface area contributed by atoms with Crippen LogP contribution in [0, 0.1) is 11.8 Å². The van der Waals surface area contributed by atoms with Crippen molar-refractivity contribution < 1.29 is 13.2 Å². The van der Waals surface area contributed by atoms with Crippen molar-refractivity contribution in [3.63, 3.8) is 0 Å². The number of nitrogens with one attached hydrogen (secondary N) is 1. The molecule has 3 nitrogen and oxygen atoms in total. The van der Waals surface area contributed by atoms with Crippen molar-refractivity contribution >= 4 is 11.6 Å². The molecule has 6 heteroatoms. The van der Waals surface area contributed by atoms with Crippen LogP contribution >= 0.6 is 0 Å². The quantitative estimate of drug-likeness (QED) is 0.860. The largest absolute Gasteiger partial charge is 0.416 e. The van der Waals surface area contributed by atoms with E-state index in [9.17, 15) is 13.2 Å². The second-order valence-electron chi connectivity index (χ2n) is 4.52. The summed E-state index contributed by atoms with van der Waals surface area (Å²) in [6.45, 7) is 2.76. The van der Waals surface area contributed by atoms with Crippen molar-refractivity contribution in [3.05, 3.63) is 17.7 Å². The van der Waals surface area contributed by atoms with Gasteiger partial charge >= 0.3 is 6.18 Å². The maximum Gasteiger partial charge on any atom is 0.416 e. The van der Waals surface area contributed by atoms with Gasteiger partial charge in [0.2, 0.25) is 0 Å². The zero-order chi connectivity index (χ0) is 12.6. The van der Waals surface area contributed by atoms with Gasteiger partial charge in [-0.25, -0.2) is 4.98 Å². The Labute approximate surface area is 97.2 Å². The molecular weight excluding hydrogens is 231 g/mol. The Morgan fingerprint density at radius 1 is 1.47 bits per heavy atom. The van der Waals surface area contributed by atoms with Crippen molar-refractivity contribution in [1.82, 2.24) is 4.98 Å². The lowest BCUT2D eigenvalue weighted by Crippen LogP contribution is -2.11. The van der Waals surface area contributed by atoms with Gasteiger partial charge in [0.05, 0.1) is 5.56 Å². The lowest BCUT2D eigenvalue weighted by molar-refractivity contribution is -0.137. The van der Waals surface area contributed by atoms with E-state index in [0.29, 0.717) is 18.4 Å². The van der Waals surface area contributed by atoms with Crippen LogP contribution in [0.1, 0.15) is 18.9 Å². The van der Waals surface area contributed by atoms with Gasteiger partial charge in [0.25, 0.3) is 0 Å². The average Bonchev–Trinajstić information content (AvgIpc) is 2.90. The van der Waals surface area contributed by atoms with Crippen molar-refractivity contribution in [1.29, 1.82) is 0 Å². The van der Waals surface area contributed by atoms with E-state index in [4.69, 9.17) is 5.73 Å². The van der Waals surface area contributed by atoms with E-state index in [2.05, 4.69) is 17.2 Å². The summed E-state index contributed by atoms with van der Waals surface area (Å²) in [7, 11) is 0. The van der Waals surface area contributed by atoms with Crippen LogP contribution in [0.4, 0.5) is 24.8 Å². The Morgan fingerprint density at radius 3 is 2.65 bits per heavy atom. The Morgan fingerprint density at radius 2 is 2.12 bits per heavy atom. The standard InChI is InChI=1S/C11H14F3N3/c1-6-2-7(6)5-16-10-4-8(11(12,13)14)3-9(15)17-10/h3-4,6-7H,2,5H2,1H3,(H3,15,16,17). The molecule has 0 radical (unpaired) electrons. The summed E-state index contributed by atoms with van der Waals surface area (Å²) >= 11 is 0. The smallest absolute Gasteiger partial charge is 0.384 e. The predicted octanol–water partition coefficient (Wildman–Crippen LogP) is 2.75. The minimum Gasteiger partial charge on any atom is -0.384 e. The number of rotatable bonds is 3. The van der Waals surface area contributed by atoms with Gasteiger partial charge in [-0.15, -0.1) is 0 Å². The molecule has 0 aromatic carbocycles. The number of anilines is 2. The predicted molar refractivity (Wildman–Crippen MR) is 59.4 cm³/mol. The van der Waals surface area contributed by atoms with Crippen molar-refractivity contribution in [2.45, 2.75) is 19.5 Å². The van der Waals surface area contributed by atoms with Gasteiger partial charge in [-0.2, -0.15) is 13.2 Å². The summed E-state index contributed by atoms with van der Waals surface area (Å²) in [5.41, 5.74) is 4.59. The summed E-state index contributed by atoms with van der Waals surface area (Å²) in [5.74, 6) is 1.25. The molecular formula is C11H14F3N3. The number of hydrogen-bond acceptors (Lipinski definition) is 3. The fourth-order valence-electron chi connectivity index (χ4n) is 1.73. The van der Waals surface area contributed by atoms with Crippen LogP contribution in [0.3, 0.4) is 0 Å². The SMILES string of the molecule is CC1CC1CNc1cc(C(F)(F)F)cc(N)n1. The minimum absolute atomic E-state index is 0.119. The molecule has 0 spiro atoms. The summed E-state index contributed by atoms with van der Waals surface area (Å²) in [6.07, 6.45) is -3.28. The van der Waals surface area contributed by atoms with E-state index in [1.54, 1.807) is 0 Å². The number of alkyl halides is 3. The summed E-state index contributed by atoms with van der Waals surface area (Å²) in [6, 6.07) is 1.83. The molecule has 1 aromatic rings. The molecule has 94 valence electrons. The highest BCUT2D eigenvalue weighted by Crippen LogP contribution is 2.38. The number of halogens is 3. The molecule has 1 aromatic heterocycles. The average molecular weight is 245 g/mol. The molecule has 2 atom stereocenters. The van der Waals surface area contributed by atoms with Crippen LogP contribution in [0.5, 0.6) is 0 Å². The van der Waals surface area contributed by atoms with Crippen LogP contribution in [-0.2, 0) is 6.18 Å². The molecule has 0 aliphatic heterocycles. The number of nitrogen functional groups attached to an aromatic ring is 1. The fourth-order valence-corrected chi connectivity index (χ4v) is 1.73. The monoisotopic (exact) mass is 245 g/mol. The first-order valence-corrected chi connectivity index (χ1v) is 5.45. The van der Waals surface area contributed by atoms with Gasteiger partial charge in [-0.1, -0.05) is 6.92 Å². The van der Waals surface area contributed by atoms with Crippen molar-refractivity contribution in [2.24, 2.45) is 11.8 Å². The Bertz CT molecular complexity index is 417. The molecule has 2 unspecified atom stereocenters. The van der Waals surface area contributed by atoms with E-state index in [1.807, 2.05) is 0 Å². The van der Waals surface area contributed by atoms with Crippen LogP contribution in [-0.4, -0.2) is 11.5 Å². The van der Waals surface area contributed by atoms with E-state index in [1.165, 1.54) is 0 Å². The Balaban J connectivity index is 2.08. The maximum absolute atomic E-state index is 12.5. The van der Waals surface area contributed by atoms with E-state index < -0.39 is 11.7 Å². The number of hydrogen-bond donors (Lipinski definition) is 2. The second kappa shape index (κ2) is 4.09. The first-order valence-electron chi connectivity index (χ1n) is 5.45. The molecule has 2 rings (SSSR count). The molecule has 0 saturated heterocycles. The summed E-state index contributed by atoms with van der Waals surface area (Å²) in [4.78, 5) is 3.84. The molecule has 0 amide bonds. The third-order valence-corrected chi connectivity index (χ3v) is 2.99. The van der Waals surface area contributed by atoms with E-state index in [0.717, 1.165) is 18.6 Å². The first-order chi connectivity index (χ1) is 7.86. The minimum atomic E-state index is -4.39. The van der Waals surface area contributed by atoms with Crippen molar-refractivity contribution in [2.75, 3.05) is 17.6 Å². The zero-order valence-electron chi connectivity index (χ0n) is 9.38. The molecule has 1 aliphatic carbocycles. The lowest BCUT2D eigenvalue weighted by Gasteiger charge is -2.11. The highest BCUT2D eigenvalue weighted by atomic mass is 19.4. The van der Waals surface area contributed by atoms with Crippen LogP contribution in [0.25, 0.3) is 0 Å². The molecule has 1 saturated carbocycles. The highest BCUT2D eigenvalue weighted by Gasteiger charge is 2.33. The van der Waals surface area contributed by atoms with Crippen LogP contribution < -0.4 is 11.1 Å². The molecule has 1 aliphatic rings. The first kappa shape index (κ1) is 12.0. The summed E-state index contributed by atoms with van der Waals surface area (Å²) in [5, 5.41) is 2.90. The third-order valence-electron chi connectivity index (χ3n) is 2.99. The Kier molecular flexibility index (Phi) is 2.89. The molecule has 1 heterocycles. The van der Waals surface area contributed by atoms with E-state index in [-0.39, 0.29) is 11.6 Å². The lowest BCUT2D eigenvalue weighted by atomic mass is 10.2. The number of aromatic nitrogens is 1.